The van der Waals surface area contributed by atoms with Crippen LogP contribution < -0.4 is 0 Å². The number of esters is 1. The molecule has 3 saturated carbocycles. The van der Waals surface area contributed by atoms with Gasteiger partial charge in [0.25, 0.3) is 0 Å². The number of hydrogen-bond donors (Lipinski definition) is 0. The third-order valence-corrected chi connectivity index (χ3v) is 6.87. The molecule has 0 heterocycles. The van der Waals surface area contributed by atoms with Gasteiger partial charge in [-0.25, -0.2) is 0 Å². The molecule has 0 saturated heterocycles. The van der Waals surface area contributed by atoms with Crippen LogP contribution >= 0.6 is 0 Å². The molecule has 3 heteroatoms. The number of carbonyl (C=O) groups excluding carboxylic acids is 2. The first-order valence-electron chi connectivity index (χ1n) is 9.04. The van der Waals surface area contributed by atoms with E-state index in [-0.39, 0.29) is 12.1 Å². The van der Waals surface area contributed by atoms with E-state index in [1.807, 2.05) is 6.08 Å². The summed E-state index contributed by atoms with van der Waals surface area (Å²) in [5.41, 5.74) is 1.45. The fraction of sp³-hybridized carbons (Fsp3) is 0.789. The van der Waals surface area contributed by atoms with Gasteiger partial charge in [-0.1, -0.05) is 5.57 Å². The Balaban J connectivity index is 1.52. The van der Waals surface area contributed by atoms with E-state index < -0.39 is 0 Å². The van der Waals surface area contributed by atoms with Crippen molar-refractivity contribution in [3.05, 3.63) is 11.6 Å². The Hall–Kier alpha value is -1.12. The Labute approximate surface area is 132 Å². The lowest BCUT2D eigenvalue weighted by Gasteiger charge is -2.49. The number of allylic oxidation sites excluding steroid dienone is 1. The minimum atomic E-state index is -0.118. The number of ketones is 1. The largest absolute Gasteiger partial charge is 0.462 e. The molecule has 0 unspecified atom stereocenters. The molecule has 6 atom stereocenters. The van der Waals surface area contributed by atoms with Gasteiger partial charge in [0.1, 0.15) is 6.10 Å². The summed E-state index contributed by atoms with van der Waals surface area (Å²) < 4.78 is 5.59. The number of rotatable bonds is 1. The van der Waals surface area contributed by atoms with Crippen molar-refractivity contribution in [3.63, 3.8) is 0 Å². The van der Waals surface area contributed by atoms with Crippen molar-refractivity contribution >= 4 is 11.8 Å². The van der Waals surface area contributed by atoms with Crippen LogP contribution in [0.1, 0.15) is 58.3 Å². The van der Waals surface area contributed by atoms with Crippen molar-refractivity contribution in [2.24, 2.45) is 29.6 Å². The van der Waals surface area contributed by atoms with E-state index in [1.54, 1.807) is 0 Å². The maximum Gasteiger partial charge on any atom is 0.302 e. The predicted octanol–water partition coefficient (Wildman–Crippen LogP) is 3.67. The van der Waals surface area contributed by atoms with Gasteiger partial charge in [0.05, 0.1) is 0 Å². The third-order valence-electron chi connectivity index (χ3n) is 6.87. The summed E-state index contributed by atoms with van der Waals surface area (Å²) in [6, 6.07) is 0. The van der Waals surface area contributed by atoms with E-state index in [1.165, 1.54) is 38.2 Å². The Morgan fingerprint density at radius 1 is 0.955 bits per heavy atom. The highest BCUT2D eigenvalue weighted by Gasteiger charge is 2.51. The van der Waals surface area contributed by atoms with Crippen LogP contribution in [-0.4, -0.2) is 17.9 Å². The van der Waals surface area contributed by atoms with Crippen molar-refractivity contribution in [1.29, 1.82) is 0 Å². The van der Waals surface area contributed by atoms with E-state index in [2.05, 4.69) is 0 Å². The molecule has 4 rings (SSSR count). The molecule has 3 fully saturated rings. The van der Waals surface area contributed by atoms with Crippen LogP contribution in [0.4, 0.5) is 0 Å². The minimum absolute atomic E-state index is 0.118. The fourth-order valence-electron chi connectivity index (χ4n) is 6.14. The van der Waals surface area contributed by atoms with Gasteiger partial charge in [-0.05, 0) is 80.6 Å². The topological polar surface area (TPSA) is 43.4 Å². The molecule has 4 aliphatic rings. The minimum Gasteiger partial charge on any atom is -0.462 e. The van der Waals surface area contributed by atoms with Gasteiger partial charge >= 0.3 is 5.97 Å². The quantitative estimate of drug-likeness (QED) is 0.694. The van der Waals surface area contributed by atoms with Crippen LogP contribution in [0, 0.1) is 29.6 Å². The first kappa shape index (κ1) is 14.5. The highest BCUT2D eigenvalue weighted by Crippen LogP contribution is 2.57. The van der Waals surface area contributed by atoms with Crippen molar-refractivity contribution in [3.8, 4) is 0 Å². The summed E-state index contributed by atoms with van der Waals surface area (Å²) in [5.74, 6) is 3.83. The Kier molecular flexibility index (Phi) is 3.62. The molecule has 120 valence electrons. The molecule has 3 nitrogen and oxygen atoms in total. The lowest BCUT2D eigenvalue weighted by Crippen LogP contribution is -2.42. The smallest absolute Gasteiger partial charge is 0.302 e. The summed E-state index contributed by atoms with van der Waals surface area (Å²) in [5, 5.41) is 0. The third kappa shape index (κ3) is 2.33. The SMILES string of the molecule is CC(=O)O[C@H]1CC[C@H]2[C@@H]3CCC4=CC(=O)CC[C@@H]4[C@H]3CC[C@@H]21. The maximum absolute atomic E-state index is 11.7. The molecule has 0 spiro atoms. The Bertz CT molecular complexity index is 521. The lowest BCUT2D eigenvalue weighted by atomic mass is 9.56. The van der Waals surface area contributed by atoms with Gasteiger partial charge in [-0.3, -0.25) is 9.59 Å². The molecule has 0 aliphatic heterocycles. The second-order valence-electron chi connectivity index (χ2n) is 7.83. The van der Waals surface area contributed by atoms with E-state index in [9.17, 15) is 9.59 Å². The molecule has 0 aromatic rings. The van der Waals surface area contributed by atoms with Gasteiger partial charge in [0.15, 0.2) is 5.78 Å². The van der Waals surface area contributed by atoms with Crippen LogP contribution in [0.2, 0.25) is 0 Å². The summed E-state index contributed by atoms with van der Waals surface area (Å²) in [6.07, 6.45) is 11.1. The van der Waals surface area contributed by atoms with Crippen LogP contribution in [0.5, 0.6) is 0 Å². The first-order chi connectivity index (χ1) is 10.6. The highest BCUT2D eigenvalue weighted by molar-refractivity contribution is 5.91. The molecule has 0 aromatic heterocycles. The second kappa shape index (κ2) is 5.50. The van der Waals surface area contributed by atoms with Gasteiger partial charge in [0.2, 0.25) is 0 Å². The lowest BCUT2D eigenvalue weighted by molar-refractivity contribution is -0.149. The van der Waals surface area contributed by atoms with Crippen molar-refractivity contribution in [2.75, 3.05) is 0 Å². The number of ether oxygens (including phenoxy) is 1. The fourth-order valence-corrected chi connectivity index (χ4v) is 6.14. The van der Waals surface area contributed by atoms with Gasteiger partial charge in [-0.2, -0.15) is 0 Å². The Morgan fingerprint density at radius 3 is 2.50 bits per heavy atom. The molecule has 4 aliphatic carbocycles. The Morgan fingerprint density at radius 2 is 1.68 bits per heavy atom. The predicted molar refractivity (Wildman–Crippen MR) is 83.0 cm³/mol. The van der Waals surface area contributed by atoms with Gasteiger partial charge in [0, 0.05) is 13.3 Å². The number of fused-ring (bicyclic) bond motifs is 5. The molecule has 0 amide bonds. The van der Waals surface area contributed by atoms with Crippen LogP contribution in [0.3, 0.4) is 0 Å². The molecule has 0 aromatic carbocycles. The van der Waals surface area contributed by atoms with Crippen molar-refractivity contribution < 1.29 is 14.3 Å². The molecule has 0 bridgehead atoms. The van der Waals surface area contributed by atoms with Crippen molar-refractivity contribution in [2.45, 2.75) is 64.4 Å². The maximum atomic E-state index is 11.7. The standard InChI is InChI=1S/C19H26O3/c1-11(20)22-19-9-8-17-16-4-2-12-10-13(21)3-5-14(12)15(16)6-7-18(17)19/h10,14-19H,2-9H2,1H3/t14-,15+,16+,17-,18-,19-/m0/s1. The average molecular weight is 302 g/mol. The molecular weight excluding hydrogens is 276 g/mol. The molecule has 0 N–H and O–H groups in total. The number of carbonyl (C=O) groups is 2. The first-order valence-corrected chi connectivity index (χ1v) is 9.04. The average Bonchev–Trinajstić information content (AvgIpc) is 2.89. The zero-order valence-corrected chi connectivity index (χ0v) is 13.4. The molecule has 22 heavy (non-hydrogen) atoms. The summed E-state index contributed by atoms with van der Waals surface area (Å²) in [6.45, 7) is 1.54. The zero-order valence-electron chi connectivity index (χ0n) is 13.4. The molecular formula is C19H26O3. The zero-order chi connectivity index (χ0) is 15.3. The number of hydrogen-bond acceptors (Lipinski definition) is 3. The van der Waals surface area contributed by atoms with Crippen molar-refractivity contribution in [1.82, 2.24) is 0 Å². The monoisotopic (exact) mass is 302 g/mol. The van der Waals surface area contributed by atoms with E-state index in [4.69, 9.17) is 4.74 Å². The summed E-state index contributed by atoms with van der Waals surface area (Å²) in [4.78, 5) is 23.0. The van der Waals surface area contributed by atoms with Crippen LogP contribution in [0.25, 0.3) is 0 Å². The highest BCUT2D eigenvalue weighted by atomic mass is 16.5. The van der Waals surface area contributed by atoms with E-state index in [0.717, 1.165) is 43.4 Å². The van der Waals surface area contributed by atoms with E-state index in [0.29, 0.717) is 17.6 Å². The van der Waals surface area contributed by atoms with E-state index >= 15 is 0 Å². The normalized spacial score (nSPS) is 43.7. The second-order valence-corrected chi connectivity index (χ2v) is 7.83. The van der Waals surface area contributed by atoms with Crippen LogP contribution in [-0.2, 0) is 14.3 Å². The molecule has 0 radical (unpaired) electrons. The van der Waals surface area contributed by atoms with Crippen LogP contribution in [0.15, 0.2) is 11.6 Å². The summed E-state index contributed by atoms with van der Waals surface area (Å²) in [7, 11) is 0. The van der Waals surface area contributed by atoms with Gasteiger partial charge in [-0.15, -0.1) is 0 Å². The van der Waals surface area contributed by atoms with Gasteiger partial charge < -0.3 is 4.74 Å². The summed E-state index contributed by atoms with van der Waals surface area (Å²) >= 11 is 0.